The fourth-order valence-electron chi connectivity index (χ4n) is 2.72. The molecule has 0 radical (unpaired) electrons. The zero-order chi connectivity index (χ0) is 19.3. The van der Waals surface area contributed by atoms with Crippen LogP contribution in [0.2, 0.25) is 10.0 Å². The lowest BCUT2D eigenvalue weighted by Crippen LogP contribution is -1.97. The molecule has 0 aliphatic heterocycles. The maximum absolute atomic E-state index is 6.20. The van der Waals surface area contributed by atoms with Crippen molar-refractivity contribution in [2.24, 2.45) is 4.99 Å². The molecule has 28 heavy (non-hydrogen) atoms. The minimum absolute atomic E-state index is 0.231. The Morgan fingerprint density at radius 3 is 1.82 bits per heavy atom. The molecule has 3 aromatic carbocycles. The lowest BCUT2D eigenvalue weighted by molar-refractivity contribution is 0.976. The van der Waals surface area contributed by atoms with Crippen LogP contribution >= 0.6 is 23.2 Å². The number of hydrogen-bond acceptors (Lipinski definition) is 4. The molecular formula is C22H14Cl2N4. The van der Waals surface area contributed by atoms with Gasteiger partial charge in [-0.3, -0.25) is 0 Å². The Bertz CT molecular complexity index is 1110. The van der Waals surface area contributed by atoms with Crippen LogP contribution in [0.5, 0.6) is 0 Å². The Morgan fingerprint density at radius 1 is 0.643 bits per heavy atom. The monoisotopic (exact) mass is 404 g/mol. The van der Waals surface area contributed by atoms with Crippen molar-refractivity contribution >= 4 is 35.4 Å². The Morgan fingerprint density at radius 2 is 1.21 bits per heavy atom. The van der Waals surface area contributed by atoms with Crippen LogP contribution in [0.1, 0.15) is 5.56 Å². The smallest absolute Gasteiger partial charge is 0.218 e. The maximum atomic E-state index is 6.20. The zero-order valence-electron chi connectivity index (χ0n) is 14.6. The minimum atomic E-state index is 0.231. The molecule has 0 fully saturated rings. The van der Waals surface area contributed by atoms with Crippen molar-refractivity contribution in [3.63, 3.8) is 0 Å². The third-order valence-corrected chi connectivity index (χ3v) is 4.74. The Kier molecular flexibility index (Phi) is 5.42. The average Bonchev–Trinajstić information content (AvgIpc) is 2.74. The van der Waals surface area contributed by atoms with Crippen molar-refractivity contribution in [1.82, 2.24) is 15.2 Å². The van der Waals surface area contributed by atoms with Gasteiger partial charge in [-0.05, 0) is 12.1 Å². The van der Waals surface area contributed by atoms with Crippen LogP contribution in [0.4, 0.5) is 5.95 Å². The summed E-state index contributed by atoms with van der Waals surface area (Å²) in [5, 5.41) is 9.58. The third-order valence-electron chi connectivity index (χ3n) is 4.08. The Balaban J connectivity index is 1.80. The van der Waals surface area contributed by atoms with Gasteiger partial charge in [0.2, 0.25) is 0 Å². The van der Waals surface area contributed by atoms with E-state index in [1.54, 1.807) is 24.4 Å². The van der Waals surface area contributed by atoms with E-state index in [4.69, 9.17) is 23.2 Å². The van der Waals surface area contributed by atoms with Crippen molar-refractivity contribution < 1.29 is 0 Å². The molecule has 4 rings (SSSR count). The number of nitrogens with zero attached hydrogens (tertiary/aromatic N) is 4. The molecule has 0 unspecified atom stereocenters. The second kappa shape index (κ2) is 8.30. The highest BCUT2D eigenvalue weighted by Crippen LogP contribution is 2.29. The van der Waals surface area contributed by atoms with Gasteiger partial charge in [-0.1, -0.05) is 89.9 Å². The standard InChI is InChI=1S/C22H14Cl2N4/c23-18-12-7-13-19(24)17(18)14-25-22-26-20(15-8-3-1-4-9-15)21(27-28-22)16-10-5-2-6-11-16/h1-14H. The molecule has 4 nitrogen and oxygen atoms in total. The summed E-state index contributed by atoms with van der Waals surface area (Å²) < 4.78 is 0. The highest BCUT2D eigenvalue weighted by atomic mass is 35.5. The summed E-state index contributed by atoms with van der Waals surface area (Å²) >= 11 is 12.4. The van der Waals surface area contributed by atoms with Crippen molar-refractivity contribution in [2.45, 2.75) is 0 Å². The molecule has 1 heterocycles. The second-order valence-corrected chi connectivity index (χ2v) is 6.75. The number of halogens is 2. The van der Waals surface area contributed by atoms with Gasteiger partial charge >= 0.3 is 0 Å². The first-order chi connectivity index (χ1) is 13.7. The molecule has 4 aromatic rings. The van der Waals surface area contributed by atoms with E-state index in [9.17, 15) is 0 Å². The molecule has 0 bridgehead atoms. The maximum Gasteiger partial charge on any atom is 0.269 e. The van der Waals surface area contributed by atoms with Gasteiger partial charge in [0.15, 0.2) is 0 Å². The molecule has 0 amide bonds. The molecule has 0 N–H and O–H groups in total. The summed E-state index contributed by atoms with van der Waals surface area (Å²) in [7, 11) is 0. The predicted octanol–water partition coefficient (Wildman–Crippen LogP) is 6.26. The van der Waals surface area contributed by atoms with E-state index in [2.05, 4.69) is 20.2 Å². The van der Waals surface area contributed by atoms with Crippen LogP contribution in [-0.2, 0) is 0 Å². The van der Waals surface area contributed by atoms with E-state index in [0.29, 0.717) is 27.0 Å². The van der Waals surface area contributed by atoms with Crippen LogP contribution < -0.4 is 0 Å². The van der Waals surface area contributed by atoms with E-state index >= 15 is 0 Å². The molecule has 0 aliphatic carbocycles. The van der Waals surface area contributed by atoms with Crippen LogP contribution in [0.3, 0.4) is 0 Å². The van der Waals surface area contributed by atoms with Gasteiger partial charge < -0.3 is 0 Å². The molecule has 6 heteroatoms. The van der Waals surface area contributed by atoms with E-state index in [1.807, 2.05) is 60.7 Å². The number of aliphatic imine (C=N–C) groups is 1. The first-order valence-corrected chi connectivity index (χ1v) is 9.31. The minimum Gasteiger partial charge on any atom is -0.218 e. The van der Waals surface area contributed by atoms with Gasteiger partial charge in [-0.15, -0.1) is 10.2 Å². The van der Waals surface area contributed by atoms with E-state index in [1.165, 1.54) is 0 Å². The molecule has 1 aromatic heterocycles. The van der Waals surface area contributed by atoms with Crippen LogP contribution in [0.25, 0.3) is 22.5 Å². The molecule has 0 atom stereocenters. The normalized spacial score (nSPS) is 11.1. The van der Waals surface area contributed by atoms with E-state index < -0.39 is 0 Å². The third kappa shape index (κ3) is 3.93. The van der Waals surface area contributed by atoms with E-state index in [0.717, 1.165) is 11.1 Å². The fraction of sp³-hybridized carbons (Fsp3) is 0. The molecule has 0 spiro atoms. The number of hydrogen-bond donors (Lipinski definition) is 0. The van der Waals surface area contributed by atoms with Gasteiger partial charge in [-0.25, -0.2) is 9.98 Å². The van der Waals surface area contributed by atoms with Crippen molar-refractivity contribution in [3.05, 3.63) is 94.5 Å². The highest BCUT2D eigenvalue weighted by Gasteiger charge is 2.13. The summed E-state index contributed by atoms with van der Waals surface area (Å²) in [6.45, 7) is 0. The van der Waals surface area contributed by atoms with Gasteiger partial charge in [0.1, 0.15) is 11.4 Å². The van der Waals surface area contributed by atoms with Gasteiger partial charge in [0, 0.05) is 22.9 Å². The second-order valence-electron chi connectivity index (χ2n) is 5.93. The van der Waals surface area contributed by atoms with Crippen LogP contribution in [0, 0.1) is 0 Å². The SMILES string of the molecule is Clc1cccc(Cl)c1C=Nc1nnc(-c2ccccc2)c(-c2ccccc2)n1. The molecule has 136 valence electrons. The highest BCUT2D eigenvalue weighted by molar-refractivity contribution is 6.38. The summed E-state index contributed by atoms with van der Waals surface area (Å²) in [4.78, 5) is 8.98. The average molecular weight is 405 g/mol. The van der Waals surface area contributed by atoms with Gasteiger partial charge in [-0.2, -0.15) is 0 Å². The molecule has 0 saturated carbocycles. The van der Waals surface area contributed by atoms with Crippen molar-refractivity contribution in [2.75, 3.05) is 0 Å². The first-order valence-electron chi connectivity index (χ1n) is 8.56. The Hall–Kier alpha value is -3.08. The van der Waals surface area contributed by atoms with Gasteiger partial charge in [0.25, 0.3) is 5.95 Å². The topological polar surface area (TPSA) is 51.0 Å². The number of aromatic nitrogens is 3. The lowest BCUT2D eigenvalue weighted by Gasteiger charge is -2.08. The van der Waals surface area contributed by atoms with Crippen LogP contribution in [-0.4, -0.2) is 21.4 Å². The van der Waals surface area contributed by atoms with E-state index in [-0.39, 0.29) is 5.95 Å². The quantitative estimate of drug-likeness (QED) is 0.377. The number of rotatable bonds is 4. The van der Waals surface area contributed by atoms with Crippen LogP contribution in [0.15, 0.2) is 83.9 Å². The number of benzene rings is 3. The lowest BCUT2D eigenvalue weighted by atomic mass is 10.0. The van der Waals surface area contributed by atoms with Crippen molar-refractivity contribution in [3.8, 4) is 22.5 Å². The summed E-state index contributed by atoms with van der Waals surface area (Å²) in [5.74, 6) is 0.231. The predicted molar refractivity (Wildman–Crippen MR) is 114 cm³/mol. The summed E-state index contributed by atoms with van der Waals surface area (Å²) in [6.07, 6.45) is 1.55. The molecule has 0 saturated heterocycles. The van der Waals surface area contributed by atoms with Gasteiger partial charge in [0.05, 0.1) is 10.0 Å². The van der Waals surface area contributed by atoms with Crippen molar-refractivity contribution in [1.29, 1.82) is 0 Å². The summed E-state index contributed by atoms with van der Waals surface area (Å²) in [6, 6.07) is 24.9. The molecular weight excluding hydrogens is 391 g/mol. The summed E-state index contributed by atoms with van der Waals surface area (Å²) in [5.41, 5.74) is 3.89. The zero-order valence-corrected chi connectivity index (χ0v) is 16.1. The Labute approximate surface area is 172 Å². The molecule has 0 aliphatic rings. The largest absolute Gasteiger partial charge is 0.269 e. The first kappa shape index (κ1) is 18.3. The fourth-order valence-corrected chi connectivity index (χ4v) is 3.21.